The van der Waals surface area contributed by atoms with E-state index in [0.717, 1.165) is 6.34 Å². The second-order valence-corrected chi connectivity index (χ2v) is 10.7. The normalized spacial score (nSPS) is 23.2. The number of alkyl halides is 3. The number of piperidine rings is 1. The lowest BCUT2D eigenvalue weighted by Crippen LogP contribution is -2.44. The Kier molecular flexibility index (Phi) is 7.53. The summed E-state index contributed by atoms with van der Waals surface area (Å²) in [6, 6.07) is 8.93. The van der Waals surface area contributed by atoms with Crippen molar-refractivity contribution in [3.05, 3.63) is 59.4 Å². The highest BCUT2D eigenvalue weighted by Gasteiger charge is 2.46. The minimum atomic E-state index is -4.33. The number of hydrogen-bond donors (Lipinski definition) is 2. The van der Waals surface area contributed by atoms with E-state index in [1.807, 2.05) is 4.90 Å². The van der Waals surface area contributed by atoms with Crippen LogP contribution >= 0.6 is 12.2 Å². The largest absolute Gasteiger partial charge is 0.493 e. The SMILES string of the molecule is NC=NC(=S)NS(=O)(=O)c1ccc2c(c1)OCC[C@@H]2N1CC[C@@H](C(F)(F)F)C[C@H]1c1ccc(F)cc1. The van der Waals surface area contributed by atoms with Gasteiger partial charge in [0.2, 0.25) is 5.11 Å². The van der Waals surface area contributed by atoms with E-state index >= 15 is 0 Å². The number of likely N-dealkylation sites (tertiary alicyclic amines) is 1. The van der Waals surface area contributed by atoms with Crippen molar-refractivity contribution in [3.63, 3.8) is 0 Å². The van der Waals surface area contributed by atoms with Crippen molar-refractivity contribution in [1.29, 1.82) is 0 Å². The van der Waals surface area contributed by atoms with Gasteiger partial charge in [0.1, 0.15) is 11.6 Å². The van der Waals surface area contributed by atoms with Gasteiger partial charge in [0.25, 0.3) is 10.0 Å². The van der Waals surface area contributed by atoms with Gasteiger partial charge in [-0.3, -0.25) is 9.62 Å². The molecule has 3 N–H and O–H groups in total. The first-order valence-electron chi connectivity index (χ1n) is 11.2. The fourth-order valence-electron chi connectivity index (χ4n) is 4.80. The minimum absolute atomic E-state index is 0.0661. The molecule has 13 heteroatoms. The summed E-state index contributed by atoms with van der Waals surface area (Å²) in [6.45, 7) is 0.420. The molecule has 2 aromatic carbocycles. The highest BCUT2D eigenvalue weighted by atomic mass is 32.2. The molecule has 36 heavy (non-hydrogen) atoms. The first-order valence-corrected chi connectivity index (χ1v) is 13.0. The summed E-state index contributed by atoms with van der Waals surface area (Å²) in [6.07, 6.45) is -3.19. The van der Waals surface area contributed by atoms with Crippen molar-refractivity contribution < 1.29 is 30.7 Å². The molecule has 2 aliphatic heterocycles. The molecule has 2 heterocycles. The lowest BCUT2D eigenvalue weighted by atomic mass is 9.84. The molecule has 194 valence electrons. The first-order chi connectivity index (χ1) is 17.0. The zero-order valence-electron chi connectivity index (χ0n) is 18.9. The van der Waals surface area contributed by atoms with E-state index in [4.69, 9.17) is 22.7 Å². The average Bonchev–Trinajstić information content (AvgIpc) is 2.83. The first kappa shape index (κ1) is 26.3. The molecule has 7 nitrogen and oxygen atoms in total. The molecular weight excluding hydrogens is 520 g/mol. The monoisotopic (exact) mass is 544 g/mol. The minimum Gasteiger partial charge on any atom is -0.493 e. The fourth-order valence-corrected chi connectivity index (χ4v) is 6.10. The van der Waals surface area contributed by atoms with E-state index in [9.17, 15) is 26.0 Å². The van der Waals surface area contributed by atoms with Crippen LogP contribution in [0, 0.1) is 11.7 Å². The van der Waals surface area contributed by atoms with Gasteiger partial charge in [0.05, 0.1) is 23.8 Å². The second-order valence-electron chi connectivity index (χ2n) is 8.61. The van der Waals surface area contributed by atoms with E-state index in [2.05, 4.69) is 9.71 Å². The summed E-state index contributed by atoms with van der Waals surface area (Å²) in [5.41, 5.74) is 6.40. The van der Waals surface area contributed by atoms with E-state index in [1.54, 1.807) is 6.07 Å². The van der Waals surface area contributed by atoms with Crippen LogP contribution < -0.4 is 15.2 Å². The Bertz CT molecular complexity index is 1250. The molecular formula is C23H24F4N4O3S2. The van der Waals surface area contributed by atoms with Gasteiger partial charge < -0.3 is 10.5 Å². The molecule has 0 saturated carbocycles. The summed E-state index contributed by atoms with van der Waals surface area (Å²) in [5.74, 6) is -1.62. The summed E-state index contributed by atoms with van der Waals surface area (Å²) >= 11 is 4.82. The summed E-state index contributed by atoms with van der Waals surface area (Å²) in [5, 5.41) is -0.330. The molecule has 0 spiro atoms. The quantitative estimate of drug-likeness (QED) is 0.259. The Balaban J connectivity index is 1.66. The predicted molar refractivity (Wildman–Crippen MR) is 130 cm³/mol. The number of sulfonamides is 1. The molecule has 2 aromatic rings. The maximum absolute atomic E-state index is 13.6. The maximum atomic E-state index is 13.6. The molecule has 0 amide bonds. The summed E-state index contributed by atoms with van der Waals surface area (Å²) in [7, 11) is -4.05. The molecule has 0 radical (unpaired) electrons. The van der Waals surface area contributed by atoms with Crippen molar-refractivity contribution in [2.75, 3.05) is 13.2 Å². The molecule has 0 unspecified atom stereocenters. The Morgan fingerprint density at radius 2 is 1.89 bits per heavy atom. The Morgan fingerprint density at radius 1 is 1.17 bits per heavy atom. The van der Waals surface area contributed by atoms with Gasteiger partial charge in [-0.25, -0.2) is 17.8 Å². The van der Waals surface area contributed by atoms with Crippen LogP contribution in [0.2, 0.25) is 0 Å². The molecule has 2 aliphatic rings. The Hall–Kier alpha value is -2.77. The van der Waals surface area contributed by atoms with Crippen molar-refractivity contribution in [1.82, 2.24) is 9.62 Å². The van der Waals surface area contributed by atoms with Gasteiger partial charge in [-0.1, -0.05) is 18.2 Å². The number of hydrogen-bond acceptors (Lipinski definition) is 5. The average molecular weight is 545 g/mol. The second kappa shape index (κ2) is 10.3. The number of nitrogens with zero attached hydrogens (tertiary/aromatic N) is 2. The molecule has 0 bridgehead atoms. The maximum Gasteiger partial charge on any atom is 0.391 e. The van der Waals surface area contributed by atoms with Crippen LogP contribution in [-0.4, -0.2) is 44.1 Å². The topological polar surface area (TPSA) is 97.0 Å². The number of thiocarbonyl (C=S) groups is 1. The molecule has 1 saturated heterocycles. The third-order valence-corrected chi connectivity index (χ3v) is 8.15. The zero-order valence-corrected chi connectivity index (χ0v) is 20.5. The number of benzene rings is 2. The highest BCUT2D eigenvalue weighted by molar-refractivity contribution is 7.91. The van der Waals surface area contributed by atoms with E-state index in [0.29, 0.717) is 23.3 Å². The number of nitrogens with two attached hydrogens (primary N) is 1. The summed E-state index contributed by atoms with van der Waals surface area (Å²) < 4.78 is 87.6. The number of nitrogens with one attached hydrogen (secondary N) is 1. The predicted octanol–water partition coefficient (Wildman–Crippen LogP) is 4.22. The van der Waals surface area contributed by atoms with E-state index in [1.165, 1.54) is 36.4 Å². The van der Waals surface area contributed by atoms with Crippen LogP contribution in [-0.2, 0) is 10.0 Å². The lowest BCUT2D eigenvalue weighted by Gasteiger charge is -2.46. The van der Waals surface area contributed by atoms with Gasteiger partial charge in [0.15, 0.2) is 0 Å². The van der Waals surface area contributed by atoms with E-state index < -0.39 is 34.0 Å². The van der Waals surface area contributed by atoms with Gasteiger partial charge >= 0.3 is 6.18 Å². The number of halogens is 4. The van der Waals surface area contributed by atoms with Gasteiger partial charge in [-0.15, -0.1) is 0 Å². The van der Waals surface area contributed by atoms with Crippen molar-refractivity contribution in [2.45, 2.75) is 42.4 Å². The zero-order chi connectivity index (χ0) is 26.1. The van der Waals surface area contributed by atoms with Crippen LogP contribution in [0.3, 0.4) is 0 Å². The van der Waals surface area contributed by atoms with Crippen molar-refractivity contribution >= 4 is 33.7 Å². The standard InChI is InChI=1S/C23H24F4N4O3S2/c24-16-3-1-14(2-4-16)20-11-15(23(25,26)27)7-9-31(20)19-8-10-34-21-12-17(5-6-18(19)21)36(32,33)30-22(35)29-13-28/h1-6,12-13,15,19-20H,7-11H2,(H3,28,29,30,35)/t15-,19+,20+/m1/s1. The molecule has 0 aromatic heterocycles. The molecule has 1 fully saturated rings. The smallest absolute Gasteiger partial charge is 0.391 e. The molecule has 0 aliphatic carbocycles. The summed E-state index contributed by atoms with van der Waals surface area (Å²) in [4.78, 5) is 5.39. The Labute approximate surface area is 211 Å². The van der Waals surface area contributed by atoms with Gasteiger partial charge in [-0.2, -0.15) is 13.2 Å². The van der Waals surface area contributed by atoms with Crippen LogP contribution in [0.1, 0.15) is 42.5 Å². The molecule has 4 rings (SSSR count). The van der Waals surface area contributed by atoms with E-state index in [-0.39, 0.29) is 42.0 Å². The van der Waals surface area contributed by atoms with Crippen molar-refractivity contribution in [3.8, 4) is 5.75 Å². The lowest BCUT2D eigenvalue weighted by molar-refractivity contribution is -0.192. The van der Waals surface area contributed by atoms with Crippen LogP contribution in [0.5, 0.6) is 5.75 Å². The number of rotatable bonds is 4. The van der Waals surface area contributed by atoms with Crippen LogP contribution in [0.15, 0.2) is 52.4 Å². The highest BCUT2D eigenvalue weighted by Crippen LogP contribution is 2.48. The van der Waals surface area contributed by atoms with Gasteiger partial charge in [0, 0.05) is 30.1 Å². The third kappa shape index (κ3) is 5.62. The Morgan fingerprint density at radius 3 is 2.56 bits per heavy atom. The number of ether oxygens (including phenoxy) is 1. The molecule has 3 atom stereocenters. The van der Waals surface area contributed by atoms with Crippen molar-refractivity contribution in [2.24, 2.45) is 16.6 Å². The van der Waals surface area contributed by atoms with Crippen LogP contribution in [0.25, 0.3) is 0 Å². The number of fused-ring (bicyclic) bond motifs is 1. The number of aliphatic imine (C=N–C) groups is 1. The fraction of sp³-hybridized carbons (Fsp3) is 0.391. The van der Waals surface area contributed by atoms with Gasteiger partial charge in [-0.05, 0) is 55.4 Å². The van der Waals surface area contributed by atoms with Crippen LogP contribution in [0.4, 0.5) is 17.6 Å². The third-order valence-electron chi connectivity index (χ3n) is 6.48.